The van der Waals surface area contributed by atoms with Gasteiger partial charge in [0.15, 0.2) is 0 Å². The summed E-state index contributed by atoms with van der Waals surface area (Å²) in [5.41, 5.74) is 0.949. The van der Waals surface area contributed by atoms with Gasteiger partial charge in [0.25, 0.3) is 0 Å². The molecule has 0 saturated carbocycles. The fraction of sp³-hybridized carbons (Fsp3) is 0.565. The highest BCUT2D eigenvalue weighted by Gasteiger charge is 2.34. The summed E-state index contributed by atoms with van der Waals surface area (Å²) in [5, 5.41) is 11.8. The average Bonchev–Trinajstić information content (AvgIpc) is 3.26. The van der Waals surface area contributed by atoms with Crippen LogP contribution in [0.15, 0.2) is 29.2 Å². The van der Waals surface area contributed by atoms with E-state index in [9.17, 15) is 28.1 Å². The summed E-state index contributed by atoms with van der Waals surface area (Å²) >= 11 is 0. The number of hydrogen-bond donors (Lipinski definition) is 2. The van der Waals surface area contributed by atoms with Crippen molar-refractivity contribution in [3.8, 4) is 6.07 Å². The highest BCUT2D eigenvalue weighted by Crippen LogP contribution is 2.19. The van der Waals surface area contributed by atoms with Crippen molar-refractivity contribution >= 4 is 28.0 Å². The summed E-state index contributed by atoms with van der Waals surface area (Å²) in [5.74, 6) is -1.04. The number of aryl methyl sites for hydroxylation is 1. The monoisotopic (exact) mass is 508 g/mol. The fourth-order valence-electron chi connectivity index (χ4n) is 3.69. The molecule has 0 radical (unpaired) electrons. The van der Waals surface area contributed by atoms with Crippen molar-refractivity contribution < 1.29 is 32.3 Å². The van der Waals surface area contributed by atoms with Gasteiger partial charge in [0.2, 0.25) is 22.2 Å². The van der Waals surface area contributed by atoms with Gasteiger partial charge in [0.1, 0.15) is 12.1 Å². The third kappa shape index (κ3) is 8.84. The summed E-state index contributed by atoms with van der Waals surface area (Å²) in [6.07, 6.45) is 0.198. The first-order valence-corrected chi connectivity index (χ1v) is 12.9. The van der Waals surface area contributed by atoms with Crippen LogP contribution in [0.25, 0.3) is 0 Å². The first-order chi connectivity index (χ1) is 16.5. The number of alkyl carbamates (subject to hydrolysis) is 1. The highest BCUT2D eigenvalue weighted by atomic mass is 32.2. The Bertz CT molecular complexity index is 1040. The molecular weight excluding hydrogens is 476 g/mol. The van der Waals surface area contributed by atoms with Crippen LogP contribution in [0.4, 0.5) is 4.79 Å². The first-order valence-electron chi connectivity index (χ1n) is 11.4. The number of unbranched alkanes of at least 4 members (excludes halogenated alkanes) is 1. The topological polar surface area (TPSA) is 155 Å². The molecule has 0 aromatic heterocycles. The van der Waals surface area contributed by atoms with Gasteiger partial charge < -0.3 is 19.7 Å². The van der Waals surface area contributed by atoms with Crippen molar-refractivity contribution in [3.05, 3.63) is 29.8 Å². The van der Waals surface area contributed by atoms with Gasteiger partial charge in [-0.05, 0) is 51.2 Å². The van der Waals surface area contributed by atoms with Gasteiger partial charge in [-0.25, -0.2) is 17.9 Å². The maximum atomic E-state index is 13.1. The van der Waals surface area contributed by atoms with Crippen molar-refractivity contribution in [3.63, 3.8) is 0 Å². The minimum atomic E-state index is -3.65. The molecule has 1 heterocycles. The number of carbonyl (C=O) groups excluding carboxylic acids is 3. The third-order valence-corrected chi connectivity index (χ3v) is 6.90. The number of ether oxygens (including phenoxy) is 2. The molecule has 1 fully saturated rings. The second kappa shape index (κ2) is 13.1. The predicted molar refractivity (Wildman–Crippen MR) is 125 cm³/mol. The van der Waals surface area contributed by atoms with Crippen LogP contribution in [0, 0.1) is 18.3 Å². The van der Waals surface area contributed by atoms with Crippen molar-refractivity contribution in [2.24, 2.45) is 0 Å². The molecule has 3 atom stereocenters. The van der Waals surface area contributed by atoms with Gasteiger partial charge in [0.05, 0.1) is 11.0 Å². The van der Waals surface area contributed by atoms with Gasteiger partial charge >= 0.3 is 12.1 Å². The molecule has 1 aliphatic heterocycles. The Kier molecular flexibility index (Phi) is 10.5. The van der Waals surface area contributed by atoms with Crippen molar-refractivity contribution in [1.29, 1.82) is 5.26 Å². The third-order valence-electron chi connectivity index (χ3n) is 5.42. The number of amides is 2. The molecule has 2 amide bonds. The van der Waals surface area contributed by atoms with E-state index < -0.39 is 46.4 Å². The second-order valence-corrected chi connectivity index (χ2v) is 10.1. The fourth-order valence-corrected chi connectivity index (χ4v) is 4.76. The molecule has 1 saturated heterocycles. The number of rotatable bonds is 11. The first kappa shape index (κ1) is 28.1. The quantitative estimate of drug-likeness (QED) is 0.261. The summed E-state index contributed by atoms with van der Waals surface area (Å²) in [6, 6.07) is 7.04. The van der Waals surface area contributed by atoms with Crippen LogP contribution in [0.3, 0.4) is 0 Å². The SMILES string of the molecule is CC(=O)OC(C)OC(=O)NC(CCCCNS(=O)(=O)c1ccc(C)cc1)C(=O)N1CCCC1C#N. The standard InChI is InChI=1S/C23H32N4O7S/c1-16-9-11-20(12-10-16)35(31,32)25-13-5-4-8-21(22(29)27-14-6-7-19(27)15-24)26-23(30)34-18(3)33-17(2)28/h9-12,18-19,21,25H,4-8,13-14H2,1-3H3,(H,26,30). The number of benzene rings is 1. The molecule has 2 rings (SSSR count). The molecule has 1 aromatic rings. The van der Waals surface area contributed by atoms with E-state index in [0.29, 0.717) is 32.2 Å². The molecule has 0 aliphatic carbocycles. The molecule has 2 N–H and O–H groups in total. The number of sulfonamides is 1. The largest absolute Gasteiger partial charge is 0.426 e. The van der Waals surface area contributed by atoms with Crippen LogP contribution < -0.4 is 10.0 Å². The predicted octanol–water partition coefficient (Wildman–Crippen LogP) is 1.96. The molecule has 1 aromatic carbocycles. The maximum Gasteiger partial charge on any atom is 0.410 e. The zero-order valence-electron chi connectivity index (χ0n) is 20.2. The van der Waals surface area contributed by atoms with Crippen molar-refractivity contribution in [2.75, 3.05) is 13.1 Å². The van der Waals surface area contributed by atoms with Crippen molar-refractivity contribution in [1.82, 2.24) is 14.9 Å². The molecule has 1 aliphatic rings. The Morgan fingerprint density at radius 1 is 1.20 bits per heavy atom. The Morgan fingerprint density at radius 3 is 2.51 bits per heavy atom. The molecule has 0 spiro atoms. The van der Waals surface area contributed by atoms with E-state index >= 15 is 0 Å². The second-order valence-electron chi connectivity index (χ2n) is 8.30. The van der Waals surface area contributed by atoms with E-state index in [1.54, 1.807) is 12.1 Å². The summed E-state index contributed by atoms with van der Waals surface area (Å²) < 4.78 is 37.1. The lowest BCUT2D eigenvalue weighted by molar-refractivity contribution is -0.162. The lowest BCUT2D eigenvalue weighted by Crippen LogP contribution is -2.50. The molecular formula is C23H32N4O7S. The zero-order valence-corrected chi connectivity index (χ0v) is 21.0. The average molecular weight is 509 g/mol. The molecule has 35 heavy (non-hydrogen) atoms. The smallest absolute Gasteiger partial charge is 0.410 e. The van der Waals surface area contributed by atoms with E-state index in [2.05, 4.69) is 16.1 Å². The van der Waals surface area contributed by atoms with Crippen LogP contribution in [0.2, 0.25) is 0 Å². The van der Waals surface area contributed by atoms with E-state index in [0.717, 1.165) is 5.56 Å². The number of carbonyl (C=O) groups is 3. The summed E-state index contributed by atoms with van der Waals surface area (Å²) in [7, 11) is -3.65. The minimum Gasteiger partial charge on any atom is -0.426 e. The molecule has 0 bridgehead atoms. The van der Waals surface area contributed by atoms with E-state index in [-0.39, 0.29) is 17.9 Å². The lowest BCUT2D eigenvalue weighted by atomic mass is 10.1. The molecule has 11 nitrogen and oxygen atoms in total. The number of likely N-dealkylation sites (tertiary alicyclic amines) is 1. The molecule has 3 unspecified atom stereocenters. The van der Waals surface area contributed by atoms with Crippen LogP contribution in [-0.4, -0.2) is 62.8 Å². The lowest BCUT2D eigenvalue weighted by Gasteiger charge is -2.26. The van der Waals surface area contributed by atoms with Gasteiger partial charge in [0, 0.05) is 26.9 Å². The van der Waals surface area contributed by atoms with Crippen LogP contribution in [-0.2, 0) is 29.1 Å². The number of nitrogens with zero attached hydrogens (tertiary/aromatic N) is 2. The Balaban J connectivity index is 1.94. The van der Waals surface area contributed by atoms with Crippen LogP contribution in [0.1, 0.15) is 51.5 Å². The van der Waals surface area contributed by atoms with E-state index in [1.165, 1.54) is 30.9 Å². The summed E-state index contributed by atoms with van der Waals surface area (Å²) in [4.78, 5) is 37.9. The van der Waals surface area contributed by atoms with Gasteiger partial charge in [-0.1, -0.05) is 17.7 Å². The number of hydrogen-bond acceptors (Lipinski definition) is 8. The van der Waals surface area contributed by atoms with E-state index in [1.807, 2.05) is 6.92 Å². The molecule has 192 valence electrons. The van der Waals surface area contributed by atoms with E-state index in [4.69, 9.17) is 9.47 Å². The maximum absolute atomic E-state index is 13.1. The number of nitrogens with one attached hydrogen (secondary N) is 2. The highest BCUT2D eigenvalue weighted by molar-refractivity contribution is 7.89. The van der Waals surface area contributed by atoms with Gasteiger partial charge in [-0.2, -0.15) is 5.26 Å². The van der Waals surface area contributed by atoms with Crippen LogP contribution >= 0.6 is 0 Å². The van der Waals surface area contributed by atoms with Gasteiger partial charge in [-0.15, -0.1) is 0 Å². The zero-order chi connectivity index (χ0) is 26.0. The normalized spacial score (nSPS) is 17.2. The Labute approximate surface area is 205 Å². The van der Waals surface area contributed by atoms with Gasteiger partial charge in [-0.3, -0.25) is 9.59 Å². The number of nitriles is 1. The minimum absolute atomic E-state index is 0.148. The van der Waals surface area contributed by atoms with Crippen molar-refractivity contribution in [2.45, 2.75) is 76.1 Å². The summed E-state index contributed by atoms with van der Waals surface area (Å²) in [6.45, 7) is 4.96. The number of esters is 1. The Hall–Kier alpha value is -3.17. The molecule has 12 heteroatoms. The Morgan fingerprint density at radius 2 is 1.89 bits per heavy atom. The van der Waals surface area contributed by atoms with Crippen LogP contribution in [0.5, 0.6) is 0 Å².